The van der Waals surface area contributed by atoms with Crippen molar-refractivity contribution in [1.29, 1.82) is 0 Å². The minimum Gasteiger partial charge on any atom is -0.392 e. The summed E-state index contributed by atoms with van der Waals surface area (Å²) in [6.45, 7) is 7.37. The molecule has 2 unspecified atom stereocenters. The molecule has 192 valence electrons. The van der Waals surface area contributed by atoms with Gasteiger partial charge in [0.2, 0.25) is 11.8 Å². The lowest BCUT2D eigenvalue weighted by Crippen LogP contribution is -2.59. The summed E-state index contributed by atoms with van der Waals surface area (Å²) in [4.78, 5) is 56.2. The predicted molar refractivity (Wildman–Crippen MR) is 121 cm³/mol. The van der Waals surface area contributed by atoms with Crippen molar-refractivity contribution >= 4 is 29.2 Å². The molecule has 12 heteroatoms. The number of hydrogen-bond acceptors (Lipinski definition) is 9. The van der Waals surface area contributed by atoms with E-state index in [0.717, 1.165) is 0 Å². The van der Waals surface area contributed by atoms with Gasteiger partial charge in [-0.05, 0) is 26.2 Å². The van der Waals surface area contributed by atoms with Crippen LogP contribution in [0.3, 0.4) is 0 Å². The summed E-state index contributed by atoms with van der Waals surface area (Å²) in [6, 6.07) is -2.96. The van der Waals surface area contributed by atoms with E-state index in [1.807, 2.05) is 13.8 Å². The molecule has 0 saturated carbocycles. The maximum absolute atomic E-state index is 13.0. The van der Waals surface area contributed by atoms with E-state index in [-0.39, 0.29) is 36.7 Å². The zero-order valence-electron chi connectivity index (χ0n) is 20.6. The lowest BCUT2D eigenvalue weighted by atomic mass is 9.93. The normalized spacial score (nSPS) is 23.9. The van der Waals surface area contributed by atoms with E-state index in [4.69, 9.17) is 19.0 Å². The lowest BCUT2D eigenvalue weighted by Gasteiger charge is -2.26. The van der Waals surface area contributed by atoms with Crippen LogP contribution in [0.2, 0.25) is 0 Å². The number of rotatable bonds is 14. The molecule has 0 radical (unpaired) electrons. The minimum atomic E-state index is -1.10. The van der Waals surface area contributed by atoms with Gasteiger partial charge in [-0.3, -0.25) is 19.2 Å². The van der Waals surface area contributed by atoms with Gasteiger partial charge in [0.05, 0.1) is 25.9 Å². The van der Waals surface area contributed by atoms with Crippen LogP contribution in [0.4, 0.5) is 0 Å². The van der Waals surface area contributed by atoms with Gasteiger partial charge in [-0.15, -0.1) is 0 Å². The Bertz CT molecular complexity index is 796. The number of amides is 3. The third-order valence-electron chi connectivity index (χ3n) is 5.45. The van der Waals surface area contributed by atoms with Crippen LogP contribution in [0.25, 0.3) is 0 Å². The van der Waals surface area contributed by atoms with E-state index in [2.05, 4.69) is 21.1 Å². The first-order valence-corrected chi connectivity index (χ1v) is 11.3. The summed E-state index contributed by atoms with van der Waals surface area (Å²) >= 11 is 0. The highest BCUT2D eigenvalue weighted by atomic mass is 16.6. The van der Waals surface area contributed by atoms with Gasteiger partial charge in [0.1, 0.15) is 29.5 Å². The molecule has 0 bridgehead atoms. The Morgan fingerprint density at radius 1 is 1.03 bits per heavy atom. The number of epoxide rings is 1. The number of carbonyl (C=O) groups is 4. The number of carbonyl (C=O) groups excluding carboxylic acids is 4. The lowest BCUT2D eigenvalue weighted by molar-refractivity contribution is -0.135. The van der Waals surface area contributed by atoms with Gasteiger partial charge in [0.25, 0.3) is 5.91 Å². The van der Waals surface area contributed by atoms with Gasteiger partial charge in [0, 0.05) is 20.6 Å². The summed E-state index contributed by atoms with van der Waals surface area (Å²) in [5.74, 6) is -1.86. The average Bonchev–Trinajstić information content (AvgIpc) is 3.37. The largest absolute Gasteiger partial charge is 0.392 e. The Morgan fingerprint density at radius 3 is 2.00 bits per heavy atom. The number of ketones is 1. The van der Waals surface area contributed by atoms with Crippen molar-refractivity contribution in [2.45, 2.75) is 70.4 Å². The number of hydrogen-bond donors (Lipinski definition) is 3. The van der Waals surface area contributed by atoms with Crippen molar-refractivity contribution in [3.8, 4) is 0 Å². The molecule has 3 N–H and O–H groups in total. The fourth-order valence-electron chi connectivity index (χ4n) is 3.44. The fourth-order valence-corrected chi connectivity index (χ4v) is 3.44. The molecule has 0 aromatic heterocycles. The van der Waals surface area contributed by atoms with Crippen LogP contribution in [0.1, 0.15) is 40.5 Å². The second kappa shape index (κ2) is 12.2. The molecule has 0 aromatic carbocycles. The monoisotopic (exact) mass is 484 g/mol. The van der Waals surface area contributed by atoms with Gasteiger partial charge < -0.3 is 35.0 Å². The molecule has 2 rings (SSSR count). The Balaban J connectivity index is 2.05. The van der Waals surface area contributed by atoms with E-state index < -0.39 is 41.4 Å². The molecule has 2 aliphatic rings. The molecule has 12 nitrogen and oxygen atoms in total. The molecule has 5 atom stereocenters. The summed E-state index contributed by atoms with van der Waals surface area (Å²) in [7, 11) is 2.77. The predicted octanol–water partition coefficient (Wildman–Crippen LogP) is -0.697. The molecular formula is C22H36N4O8. The highest BCUT2D eigenvalue weighted by Crippen LogP contribution is 2.29. The molecule has 34 heavy (non-hydrogen) atoms. The third-order valence-corrected chi connectivity index (χ3v) is 5.45. The average molecular weight is 485 g/mol. The van der Waals surface area contributed by atoms with Gasteiger partial charge in [-0.25, -0.2) is 0 Å². The first-order valence-electron chi connectivity index (χ1n) is 11.3. The van der Waals surface area contributed by atoms with Gasteiger partial charge in [-0.1, -0.05) is 19.0 Å². The smallest absolute Gasteiger partial charge is 0.269 e. The standard InChI is InChI=1S/C22H36N4O8/c1-12(2)7-14(18(27)22(4)11-33-22)23-20(29)16(9-31-5)25-21(30)17(10-32-6)24-19(28)15-8-13(3)34-26-15/h12-14,16-17H,7-11H2,1-6H3,(H,23,29)(H,24,28)(H,25,30)/t13?,14-,16-,17-,22?/m0/s1. The minimum absolute atomic E-state index is 0.132. The van der Waals surface area contributed by atoms with Crippen molar-refractivity contribution in [2.24, 2.45) is 11.1 Å². The van der Waals surface area contributed by atoms with Crippen LogP contribution in [-0.2, 0) is 38.2 Å². The van der Waals surface area contributed by atoms with Crippen LogP contribution < -0.4 is 16.0 Å². The summed E-state index contributed by atoms with van der Waals surface area (Å²) < 4.78 is 15.4. The van der Waals surface area contributed by atoms with E-state index in [9.17, 15) is 19.2 Å². The number of nitrogens with zero attached hydrogens (tertiary/aromatic N) is 1. The molecule has 0 spiro atoms. The van der Waals surface area contributed by atoms with Crippen molar-refractivity contribution in [2.75, 3.05) is 34.0 Å². The summed E-state index contributed by atoms with van der Waals surface area (Å²) in [6.07, 6.45) is 0.507. The van der Waals surface area contributed by atoms with Gasteiger partial charge in [0.15, 0.2) is 5.78 Å². The number of methoxy groups -OCH3 is 2. The van der Waals surface area contributed by atoms with Gasteiger partial charge >= 0.3 is 0 Å². The zero-order chi connectivity index (χ0) is 25.5. The zero-order valence-corrected chi connectivity index (χ0v) is 20.6. The maximum atomic E-state index is 13.0. The molecule has 0 aromatic rings. The van der Waals surface area contributed by atoms with Crippen molar-refractivity contribution < 1.29 is 38.2 Å². The first kappa shape index (κ1) is 27.7. The van der Waals surface area contributed by atoms with Crippen molar-refractivity contribution in [1.82, 2.24) is 16.0 Å². The molecule has 1 fully saturated rings. The van der Waals surface area contributed by atoms with Crippen LogP contribution in [-0.4, -0.2) is 93.1 Å². The Kier molecular flexibility index (Phi) is 9.95. The van der Waals surface area contributed by atoms with Crippen LogP contribution >= 0.6 is 0 Å². The second-order valence-electron chi connectivity index (χ2n) is 9.23. The van der Waals surface area contributed by atoms with E-state index in [1.165, 1.54) is 14.2 Å². The second-order valence-corrected chi connectivity index (χ2v) is 9.23. The van der Waals surface area contributed by atoms with Gasteiger partial charge in [-0.2, -0.15) is 0 Å². The highest BCUT2D eigenvalue weighted by Gasteiger charge is 2.50. The number of Topliss-reactive ketones (excluding diaryl/α,β-unsaturated/α-hetero) is 1. The molecule has 2 aliphatic heterocycles. The van der Waals surface area contributed by atoms with Crippen LogP contribution in [0, 0.1) is 5.92 Å². The van der Waals surface area contributed by atoms with E-state index >= 15 is 0 Å². The first-order chi connectivity index (χ1) is 16.0. The molecule has 0 aliphatic carbocycles. The number of ether oxygens (including phenoxy) is 3. The van der Waals surface area contributed by atoms with Crippen molar-refractivity contribution in [3.63, 3.8) is 0 Å². The van der Waals surface area contributed by atoms with E-state index in [0.29, 0.717) is 19.4 Å². The summed E-state index contributed by atoms with van der Waals surface area (Å²) in [5, 5.41) is 11.6. The molecule has 1 saturated heterocycles. The maximum Gasteiger partial charge on any atom is 0.269 e. The number of nitrogens with one attached hydrogen (secondary N) is 3. The Labute approximate surface area is 199 Å². The van der Waals surface area contributed by atoms with E-state index in [1.54, 1.807) is 13.8 Å². The van der Waals surface area contributed by atoms with Crippen LogP contribution in [0.5, 0.6) is 0 Å². The summed E-state index contributed by atoms with van der Waals surface area (Å²) in [5.41, 5.74) is -0.733. The topological polar surface area (TPSA) is 157 Å². The number of oxime groups is 1. The fraction of sp³-hybridized carbons (Fsp3) is 0.773. The molecule has 2 heterocycles. The molecular weight excluding hydrogens is 448 g/mol. The van der Waals surface area contributed by atoms with Crippen LogP contribution in [0.15, 0.2) is 5.16 Å². The highest BCUT2D eigenvalue weighted by molar-refractivity contribution is 6.39. The van der Waals surface area contributed by atoms with Crippen molar-refractivity contribution in [3.05, 3.63) is 0 Å². The Hall–Kier alpha value is -2.57. The SMILES string of the molecule is COC[C@H](NC(=O)C1=NOC(C)C1)C(=O)N[C@@H](COC)C(=O)N[C@@H](CC(C)C)C(=O)C1(C)CO1. The third kappa shape index (κ3) is 7.74. The molecule has 3 amide bonds. The quantitative estimate of drug-likeness (QED) is 0.273. The Morgan fingerprint density at radius 2 is 1.56 bits per heavy atom.